The molecule has 0 aliphatic heterocycles. The molecule has 0 saturated heterocycles. The maximum atomic E-state index is 13.6. The largest absolute Gasteiger partial charge is 0.481 e. The molecule has 0 aliphatic carbocycles. The van der Waals surface area contributed by atoms with Crippen molar-refractivity contribution in [2.75, 3.05) is 11.5 Å². The maximum absolute atomic E-state index is 13.6. The van der Waals surface area contributed by atoms with E-state index in [1.807, 2.05) is 17.5 Å². The molecule has 1 aromatic heterocycles. The summed E-state index contributed by atoms with van der Waals surface area (Å²) in [6.07, 6.45) is 0. The molecular formula is C19H15F2NO2S. The number of rotatable bonds is 6. The Bertz CT molecular complexity index is 835. The molecule has 0 spiro atoms. The average Bonchev–Trinajstić information content (AvgIpc) is 3.13. The SMILES string of the molecule is O=C(COc1ccccc1F)N(Cc1cccs1)c1ccc(F)cc1. The fourth-order valence-corrected chi connectivity index (χ4v) is 2.97. The number of halogens is 2. The van der Waals surface area contributed by atoms with Crippen LogP contribution in [-0.2, 0) is 11.3 Å². The van der Waals surface area contributed by atoms with Crippen LogP contribution in [0.25, 0.3) is 0 Å². The van der Waals surface area contributed by atoms with Gasteiger partial charge in [-0.25, -0.2) is 8.78 Å². The smallest absolute Gasteiger partial charge is 0.265 e. The van der Waals surface area contributed by atoms with Gasteiger partial charge in [0.2, 0.25) is 0 Å². The molecule has 25 heavy (non-hydrogen) atoms. The number of ether oxygens (including phenoxy) is 1. The summed E-state index contributed by atoms with van der Waals surface area (Å²) < 4.78 is 32.1. The van der Waals surface area contributed by atoms with Crippen molar-refractivity contribution in [3.8, 4) is 5.75 Å². The number of carbonyl (C=O) groups is 1. The number of anilines is 1. The van der Waals surface area contributed by atoms with Crippen molar-refractivity contribution < 1.29 is 18.3 Å². The molecule has 3 nitrogen and oxygen atoms in total. The molecule has 1 amide bonds. The third-order valence-corrected chi connectivity index (χ3v) is 4.38. The van der Waals surface area contributed by atoms with E-state index in [0.717, 1.165) is 4.88 Å². The molecule has 0 aliphatic rings. The van der Waals surface area contributed by atoms with E-state index < -0.39 is 5.82 Å². The molecule has 0 fully saturated rings. The predicted octanol–water partition coefficient (Wildman–Crippen LogP) is 4.64. The third-order valence-electron chi connectivity index (χ3n) is 3.52. The number of carbonyl (C=O) groups excluding carboxylic acids is 1. The van der Waals surface area contributed by atoms with Crippen molar-refractivity contribution in [3.05, 3.63) is 82.6 Å². The first-order valence-electron chi connectivity index (χ1n) is 7.59. The Balaban J connectivity index is 1.77. The first-order valence-corrected chi connectivity index (χ1v) is 8.47. The monoisotopic (exact) mass is 359 g/mol. The van der Waals surface area contributed by atoms with Crippen molar-refractivity contribution in [3.63, 3.8) is 0 Å². The highest BCUT2D eigenvalue weighted by Gasteiger charge is 2.18. The lowest BCUT2D eigenvalue weighted by Gasteiger charge is -2.22. The van der Waals surface area contributed by atoms with Gasteiger partial charge in [0, 0.05) is 10.6 Å². The minimum absolute atomic E-state index is 0.0195. The Morgan fingerprint density at radius 1 is 1.00 bits per heavy atom. The molecule has 2 aromatic carbocycles. The summed E-state index contributed by atoms with van der Waals surface area (Å²) in [5.41, 5.74) is 0.553. The molecule has 3 aromatic rings. The fourth-order valence-electron chi connectivity index (χ4n) is 2.28. The molecule has 1 heterocycles. The van der Waals surface area contributed by atoms with E-state index in [4.69, 9.17) is 4.74 Å². The van der Waals surface area contributed by atoms with Crippen LogP contribution < -0.4 is 9.64 Å². The van der Waals surface area contributed by atoms with Gasteiger partial charge in [0.15, 0.2) is 18.2 Å². The van der Waals surface area contributed by atoms with Crippen LogP contribution in [0.3, 0.4) is 0 Å². The van der Waals surface area contributed by atoms with Gasteiger partial charge in [0.1, 0.15) is 5.82 Å². The molecule has 0 atom stereocenters. The van der Waals surface area contributed by atoms with Crippen LogP contribution in [0.1, 0.15) is 4.88 Å². The second-order valence-electron chi connectivity index (χ2n) is 5.25. The zero-order valence-corrected chi connectivity index (χ0v) is 14.0. The van der Waals surface area contributed by atoms with E-state index >= 15 is 0 Å². The van der Waals surface area contributed by atoms with Crippen molar-refractivity contribution in [2.45, 2.75) is 6.54 Å². The van der Waals surface area contributed by atoms with Gasteiger partial charge in [0.25, 0.3) is 5.91 Å². The lowest BCUT2D eigenvalue weighted by Crippen LogP contribution is -2.34. The molecule has 0 radical (unpaired) electrons. The molecule has 0 bridgehead atoms. The molecule has 3 rings (SSSR count). The molecule has 6 heteroatoms. The number of nitrogens with zero attached hydrogens (tertiary/aromatic N) is 1. The highest BCUT2D eigenvalue weighted by atomic mass is 32.1. The summed E-state index contributed by atoms with van der Waals surface area (Å²) in [6, 6.07) is 15.4. The maximum Gasteiger partial charge on any atom is 0.265 e. The Morgan fingerprint density at radius 2 is 1.76 bits per heavy atom. The van der Waals surface area contributed by atoms with Crippen LogP contribution in [0.15, 0.2) is 66.0 Å². The Hall–Kier alpha value is -2.73. The number of hydrogen-bond acceptors (Lipinski definition) is 3. The van der Waals surface area contributed by atoms with Crippen LogP contribution in [0.2, 0.25) is 0 Å². The third kappa shape index (κ3) is 4.42. The quantitative estimate of drug-likeness (QED) is 0.642. The molecule has 128 valence electrons. The second kappa shape index (κ2) is 7.90. The lowest BCUT2D eigenvalue weighted by molar-refractivity contribution is -0.120. The van der Waals surface area contributed by atoms with Crippen molar-refractivity contribution in [2.24, 2.45) is 0 Å². The van der Waals surface area contributed by atoms with E-state index in [2.05, 4.69) is 0 Å². The van der Waals surface area contributed by atoms with Gasteiger partial charge >= 0.3 is 0 Å². The zero-order valence-electron chi connectivity index (χ0n) is 13.2. The highest BCUT2D eigenvalue weighted by Crippen LogP contribution is 2.21. The van der Waals surface area contributed by atoms with Gasteiger partial charge in [-0.05, 0) is 47.8 Å². The Labute approximate surface area is 148 Å². The van der Waals surface area contributed by atoms with Crippen molar-refractivity contribution >= 4 is 22.9 Å². The lowest BCUT2D eigenvalue weighted by atomic mass is 10.2. The van der Waals surface area contributed by atoms with Gasteiger partial charge in [-0.15, -0.1) is 11.3 Å². The van der Waals surface area contributed by atoms with E-state index in [-0.39, 0.29) is 24.1 Å². The van der Waals surface area contributed by atoms with Gasteiger partial charge < -0.3 is 9.64 Å². The number of thiophene rings is 1. The summed E-state index contributed by atoms with van der Waals surface area (Å²) in [5, 5.41) is 1.92. The first-order chi connectivity index (χ1) is 12.1. The van der Waals surface area contributed by atoms with E-state index in [9.17, 15) is 13.6 Å². The summed E-state index contributed by atoms with van der Waals surface area (Å²) >= 11 is 1.51. The summed E-state index contributed by atoms with van der Waals surface area (Å²) in [5.74, 6) is -1.23. The van der Waals surface area contributed by atoms with Gasteiger partial charge in [-0.3, -0.25) is 4.79 Å². The molecule has 0 saturated carbocycles. The normalized spacial score (nSPS) is 10.5. The van der Waals surface area contributed by atoms with Gasteiger partial charge in [-0.2, -0.15) is 0 Å². The zero-order chi connectivity index (χ0) is 17.6. The van der Waals surface area contributed by atoms with Crippen molar-refractivity contribution in [1.82, 2.24) is 0 Å². The summed E-state index contributed by atoms with van der Waals surface area (Å²) in [4.78, 5) is 15.1. The fraction of sp³-hybridized carbons (Fsp3) is 0.105. The minimum atomic E-state index is -0.526. The van der Waals surface area contributed by atoms with Crippen LogP contribution >= 0.6 is 11.3 Å². The second-order valence-corrected chi connectivity index (χ2v) is 6.29. The van der Waals surface area contributed by atoms with Gasteiger partial charge in [0.05, 0.1) is 6.54 Å². The standard InChI is InChI=1S/C19H15F2NO2S/c20-14-7-9-15(10-8-14)22(12-16-4-3-11-25-16)19(23)13-24-18-6-2-1-5-17(18)21/h1-11H,12-13H2. The topological polar surface area (TPSA) is 29.5 Å². The van der Waals surface area contributed by atoms with Crippen molar-refractivity contribution in [1.29, 1.82) is 0 Å². The molecule has 0 unspecified atom stereocenters. The van der Waals surface area contributed by atoms with Crippen LogP contribution in [0, 0.1) is 11.6 Å². The van der Waals surface area contributed by atoms with Crippen LogP contribution in [0.4, 0.5) is 14.5 Å². The first kappa shape index (κ1) is 17.1. The summed E-state index contributed by atoms with van der Waals surface area (Å²) in [7, 11) is 0. The van der Waals surface area contributed by atoms with Crippen LogP contribution in [-0.4, -0.2) is 12.5 Å². The molecule has 0 N–H and O–H groups in total. The minimum Gasteiger partial charge on any atom is -0.481 e. The average molecular weight is 359 g/mol. The van der Waals surface area contributed by atoms with Crippen LogP contribution in [0.5, 0.6) is 5.75 Å². The highest BCUT2D eigenvalue weighted by molar-refractivity contribution is 7.09. The van der Waals surface area contributed by atoms with E-state index in [1.165, 1.54) is 52.6 Å². The Kier molecular flexibility index (Phi) is 5.40. The number of para-hydroxylation sites is 1. The molecular weight excluding hydrogens is 344 g/mol. The number of benzene rings is 2. The van der Waals surface area contributed by atoms with E-state index in [1.54, 1.807) is 12.1 Å². The predicted molar refractivity (Wildman–Crippen MR) is 93.8 cm³/mol. The number of hydrogen-bond donors (Lipinski definition) is 0. The Morgan fingerprint density at radius 3 is 2.44 bits per heavy atom. The number of amides is 1. The van der Waals surface area contributed by atoms with E-state index in [0.29, 0.717) is 12.2 Å². The summed E-state index contributed by atoms with van der Waals surface area (Å²) in [6.45, 7) is 0.0203. The van der Waals surface area contributed by atoms with Gasteiger partial charge in [-0.1, -0.05) is 18.2 Å².